The number of nitrogens with zero attached hydrogens (tertiary/aromatic N) is 1. The highest BCUT2D eigenvalue weighted by atomic mass is 16.4. The summed E-state index contributed by atoms with van der Waals surface area (Å²) in [6.07, 6.45) is -0.867. The van der Waals surface area contributed by atoms with Crippen LogP contribution < -0.4 is 38.9 Å². The maximum Gasteiger partial charge on any atom is 0.326 e. The van der Waals surface area contributed by atoms with Gasteiger partial charge in [0.2, 0.25) is 23.6 Å². The number of carbonyl (C=O) groups excluding carboxylic acids is 4. The van der Waals surface area contributed by atoms with E-state index in [-0.39, 0.29) is 31.3 Å². The first-order valence-corrected chi connectivity index (χ1v) is 11.6. The second-order valence-electron chi connectivity index (χ2n) is 8.81. The SMILES string of the molecule is CC(C)CC(NC(=O)C(N)CCCN=C(N)N)C(=O)NC(CC(N)=O)C(=O)NC(CCC(=O)O)C(=O)O. The number of aliphatic imine (C=N–C) groups is 1. The molecule has 4 atom stereocenters. The standard InChI is InChI=1S/C21H38N8O8/c1-10(2)8-13(28-17(33)11(22)4-3-7-26-21(24)25)18(34)29-14(9-15(23)30)19(35)27-12(20(36)37)5-6-16(31)32/h10-14H,3-9,22H2,1-2H3,(H2,23,30)(H,27,35)(H,28,33)(H,29,34)(H,31,32)(H,36,37)(H4,24,25,26). The van der Waals surface area contributed by atoms with Gasteiger partial charge in [-0.15, -0.1) is 0 Å². The summed E-state index contributed by atoms with van der Waals surface area (Å²) in [5.41, 5.74) is 21.5. The van der Waals surface area contributed by atoms with Crippen molar-refractivity contribution in [1.82, 2.24) is 16.0 Å². The van der Waals surface area contributed by atoms with E-state index >= 15 is 0 Å². The zero-order valence-corrected chi connectivity index (χ0v) is 20.9. The number of carboxylic acids is 2. The van der Waals surface area contributed by atoms with E-state index in [2.05, 4.69) is 20.9 Å². The number of guanidine groups is 1. The van der Waals surface area contributed by atoms with Crippen molar-refractivity contribution in [3.05, 3.63) is 0 Å². The lowest BCUT2D eigenvalue weighted by Gasteiger charge is -2.25. The summed E-state index contributed by atoms with van der Waals surface area (Å²) in [7, 11) is 0. The predicted octanol–water partition coefficient (Wildman–Crippen LogP) is -3.31. The van der Waals surface area contributed by atoms with Gasteiger partial charge >= 0.3 is 11.9 Å². The molecule has 210 valence electrons. The summed E-state index contributed by atoms with van der Waals surface area (Å²) in [4.78, 5) is 75.6. The molecule has 0 bridgehead atoms. The normalized spacial score (nSPS) is 13.9. The minimum atomic E-state index is -1.58. The fraction of sp³-hybridized carbons (Fsp3) is 0.667. The Bertz CT molecular complexity index is 859. The van der Waals surface area contributed by atoms with Crippen molar-refractivity contribution < 1.29 is 39.0 Å². The zero-order valence-electron chi connectivity index (χ0n) is 20.9. The van der Waals surface area contributed by atoms with Crippen molar-refractivity contribution >= 4 is 41.5 Å². The van der Waals surface area contributed by atoms with Gasteiger partial charge in [0, 0.05) is 13.0 Å². The first-order valence-electron chi connectivity index (χ1n) is 11.6. The molecule has 0 heterocycles. The highest BCUT2D eigenvalue weighted by molar-refractivity contribution is 5.96. The molecular formula is C21H38N8O8. The fourth-order valence-electron chi connectivity index (χ4n) is 3.11. The van der Waals surface area contributed by atoms with Crippen LogP contribution in [-0.2, 0) is 28.8 Å². The highest BCUT2D eigenvalue weighted by Gasteiger charge is 2.31. The molecule has 16 nitrogen and oxygen atoms in total. The van der Waals surface area contributed by atoms with Crippen LogP contribution in [0, 0.1) is 5.92 Å². The van der Waals surface area contributed by atoms with Crippen molar-refractivity contribution in [3.63, 3.8) is 0 Å². The summed E-state index contributed by atoms with van der Waals surface area (Å²) in [6, 6.07) is -5.27. The topological polar surface area (TPSA) is 295 Å². The van der Waals surface area contributed by atoms with Gasteiger partial charge in [0.15, 0.2) is 5.96 Å². The van der Waals surface area contributed by atoms with Gasteiger partial charge in [0.25, 0.3) is 0 Å². The van der Waals surface area contributed by atoms with Crippen molar-refractivity contribution in [1.29, 1.82) is 0 Å². The first-order chi connectivity index (χ1) is 17.1. The summed E-state index contributed by atoms with van der Waals surface area (Å²) in [5, 5.41) is 25.0. The second-order valence-corrected chi connectivity index (χ2v) is 8.81. The van der Waals surface area contributed by atoms with E-state index in [1.807, 2.05) is 0 Å². The molecule has 13 N–H and O–H groups in total. The maximum atomic E-state index is 13.0. The highest BCUT2D eigenvalue weighted by Crippen LogP contribution is 2.08. The third-order valence-corrected chi connectivity index (χ3v) is 4.94. The Morgan fingerprint density at radius 1 is 0.811 bits per heavy atom. The minimum absolute atomic E-state index is 0.0787. The van der Waals surface area contributed by atoms with Gasteiger partial charge in [0.05, 0.1) is 12.5 Å². The Morgan fingerprint density at radius 2 is 1.35 bits per heavy atom. The molecule has 0 aromatic carbocycles. The molecule has 4 amide bonds. The number of nitrogens with one attached hydrogen (secondary N) is 3. The molecule has 0 saturated heterocycles. The maximum absolute atomic E-state index is 13.0. The van der Waals surface area contributed by atoms with E-state index in [0.717, 1.165) is 0 Å². The van der Waals surface area contributed by atoms with Crippen LogP contribution in [0.5, 0.6) is 0 Å². The van der Waals surface area contributed by atoms with Crippen LogP contribution in [0.3, 0.4) is 0 Å². The fourth-order valence-corrected chi connectivity index (χ4v) is 3.11. The summed E-state index contributed by atoms with van der Waals surface area (Å²) < 4.78 is 0. The molecule has 0 radical (unpaired) electrons. The van der Waals surface area contributed by atoms with Gasteiger partial charge in [-0.2, -0.15) is 0 Å². The molecule has 0 saturated carbocycles. The zero-order chi connectivity index (χ0) is 28.7. The number of rotatable bonds is 18. The molecule has 0 aliphatic heterocycles. The van der Waals surface area contributed by atoms with Gasteiger partial charge in [-0.05, 0) is 31.6 Å². The second kappa shape index (κ2) is 16.7. The number of amides is 4. The van der Waals surface area contributed by atoms with Crippen LogP contribution in [0.1, 0.15) is 52.4 Å². The number of carbonyl (C=O) groups is 6. The predicted molar refractivity (Wildman–Crippen MR) is 131 cm³/mol. The Balaban J connectivity index is 5.44. The Morgan fingerprint density at radius 3 is 1.84 bits per heavy atom. The van der Waals surface area contributed by atoms with E-state index < -0.39 is 79.0 Å². The molecule has 0 rings (SSSR count). The number of carboxylic acid groups (broad SMARTS) is 2. The summed E-state index contributed by atoms with van der Waals surface area (Å²) >= 11 is 0. The van der Waals surface area contributed by atoms with E-state index in [9.17, 15) is 33.9 Å². The number of primary amides is 1. The molecule has 0 spiro atoms. The lowest BCUT2D eigenvalue weighted by molar-refractivity contribution is -0.143. The molecule has 16 heteroatoms. The van der Waals surface area contributed by atoms with Crippen LogP contribution in [0.15, 0.2) is 4.99 Å². The van der Waals surface area contributed by atoms with Gasteiger partial charge in [-0.3, -0.25) is 29.0 Å². The van der Waals surface area contributed by atoms with Gasteiger partial charge < -0.3 is 49.1 Å². The quantitative estimate of drug-likeness (QED) is 0.0480. The molecule has 0 aliphatic rings. The van der Waals surface area contributed by atoms with Crippen molar-refractivity contribution in [3.8, 4) is 0 Å². The van der Waals surface area contributed by atoms with Crippen LogP contribution in [0.2, 0.25) is 0 Å². The van der Waals surface area contributed by atoms with Gasteiger partial charge in [0.1, 0.15) is 18.1 Å². The number of hydrogen-bond donors (Lipinski definition) is 9. The molecule has 0 aliphatic carbocycles. The monoisotopic (exact) mass is 530 g/mol. The van der Waals surface area contributed by atoms with Crippen LogP contribution >= 0.6 is 0 Å². The minimum Gasteiger partial charge on any atom is -0.481 e. The number of aliphatic carboxylic acids is 2. The van der Waals surface area contributed by atoms with E-state index in [4.69, 9.17) is 28.0 Å². The van der Waals surface area contributed by atoms with Crippen LogP contribution in [0.25, 0.3) is 0 Å². The number of nitrogens with two attached hydrogens (primary N) is 4. The lowest BCUT2D eigenvalue weighted by Crippen LogP contribution is -2.58. The molecule has 4 unspecified atom stereocenters. The lowest BCUT2D eigenvalue weighted by atomic mass is 10.0. The average Bonchev–Trinajstić information content (AvgIpc) is 2.76. The molecule has 0 aromatic heterocycles. The smallest absolute Gasteiger partial charge is 0.326 e. The van der Waals surface area contributed by atoms with Crippen molar-refractivity contribution in [2.24, 2.45) is 33.8 Å². The Kier molecular flexibility index (Phi) is 14.9. The van der Waals surface area contributed by atoms with E-state index in [0.29, 0.717) is 6.42 Å². The largest absolute Gasteiger partial charge is 0.481 e. The Labute approximate surface area is 214 Å². The summed E-state index contributed by atoms with van der Waals surface area (Å²) in [6.45, 7) is 3.83. The third-order valence-electron chi connectivity index (χ3n) is 4.94. The van der Waals surface area contributed by atoms with Gasteiger partial charge in [-0.1, -0.05) is 13.8 Å². The summed E-state index contributed by atoms with van der Waals surface area (Å²) in [5.74, 6) is -6.44. The molecule has 37 heavy (non-hydrogen) atoms. The first kappa shape index (κ1) is 33.0. The van der Waals surface area contributed by atoms with Gasteiger partial charge in [-0.25, -0.2) is 4.79 Å². The van der Waals surface area contributed by atoms with E-state index in [1.165, 1.54) is 0 Å². The van der Waals surface area contributed by atoms with Crippen LogP contribution in [-0.4, -0.2) is 82.5 Å². The van der Waals surface area contributed by atoms with Crippen molar-refractivity contribution in [2.45, 2.75) is 76.5 Å². The van der Waals surface area contributed by atoms with Crippen molar-refractivity contribution in [2.75, 3.05) is 6.54 Å². The molecule has 0 fully saturated rings. The molecule has 0 aromatic rings. The number of hydrogen-bond acceptors (Lipinski definition) is 8. The third kappa shape index (κ3) is 14.9. The van der Waals surface area contributed by atoms with Crippen LogP contribution in [0.4, 0.5) is 0 Å². The average molecular weight is 531 g/mol. The molecular weight excluding hydrogens is 492 g/mol. The Hall–Kier alpha value is -3.95. The van der Waals surface area contributed by atoms with E-state index in [1.54, 1.807) is 13.8 Å².